The van der Waals surface area contributed by atoms with Gasteiger partial charge in [-0.1, -0.05) is 30.3 Å². The van der Waals surface area contributed by atoms with E-state index in [0.29, 0.717) is 31.4 Å². The van der Waals surface area contributed by atoms with Crippen molar-refractivity contribution < 1.29 is 31.1 Å². The molecule has 34 heavy (non-hydrogen) atoms. The van der Waals surface area contributed by atoms with Crippen LogP contribution >= 0.6 is 0 Å². The fourth-order valence-electron chi connectivity index (χ4n) is 5.13. The second-order valence-corrected chi connectivity index (χ2v) is 11.0. The van der Waals surface area contributed by atoms with Crippen molar-refractivity contribution in [2.24, 2.45) is 5.41 Å². The van der Waals surface area contributed by atoms with Crippen molar-refractivity contribution in [1.82, 2.24) is 9.62 Å². The van der Waals surface area contributed by atoms with Crippen LogP contribution in [0.25, 0.3) is 11.1 Å². The third kappa shape index (κ3) is 4.23. The van der Waals surface area contributed by atoms with E-state index in [-0.39, 0.29) is 30.0 Å². The van der Waals surface area contributed by atoms with Gasteiger partial charge in [0.05, 0.1) is 12.6 Å². The zero-order valence-corrected chi connectivity index (χ0v) is 19.2. The number of hydrogen-bond acceptors (Lipinski definition) is 4. The van der Waals surface area contributed by atoms with Gasteiger partial charge in [0.1, 0.15) is 17.7 Å². The standard InChI is InChI=1S/C24H25F3N2O4S/c25-14-34(31,32)28-22-19(29(13-24(22)7-8-24)23(30)20-6-9-33-20)11-16-10-17(26)12-18(21(16)27)15-4-2-1-3-5-15/h1-5,10,12,19-20,22,28H,6-9,11,13-14H2/t19-,20+,22+/m0/s1. The van der Waals surface area contributed by atoms with Gasteiger partial charge in [-0.3, -0.25) is 4.79 Å². The summed E-state index contributed by atoms with van der Waals surface area (Å²) in [6, 6.07) is 7.50. The molecular formula is C24H25F3N2O4S. The fraction of sp³-hybridized carbons (Fsp3) is 0.458. The van der Waals surface area contributed by atoms with Gasteiger partial charge in [-0.05, 0) is 42.5 Å². The van der Waals surface area contributed by atoms with E-state index in [2.05, 4.69) is 4.72 Å². The van der Waals surface area contributed by atoms with E-state index in [4.69, 9.17) is 4.74 Å². The summed E-state index contributed by atoms with van der Waals surface area (Å²) in [5.74, 6) is -1.58. The van der Waals surface area contributed by atoms with E-state index >= 15 is 4.39 Å². The summed E-state index contributed by atoms with van der Waals surface area (Å²) in [7, 11) is -4.24. The molecule has 2 aliphatic heterocycles. The van der Waals surface area contributed by atoms with Crippen molar-refractivity contribution in [3.8, 4) is 11.1 Å². The highest BCUT2D eigenvalue weighted by Crippen LogP contribution is 2.56. The number of benzene rings is 2. The van der Waals surface area contributed by atoms with Crippen molar-refractivity contribution in [3.63, 3.8) is 0 Å². The van der Waals surface area contributed by atoms with Gasteiger partial charge in [0, 0.05) is 30.0 Å². The van der Waals surface area contributed by atoms with E-state index in [0.717, 1.165) is 12.1 Å². The van der Waals surface area contributed by atoms with Crippen molar-refractivity contribution >= 4 is 15.9 Å². The minimum Gasteiger partial charge on any atom is -0.368 e. The fourth-order valence-corrected chi connectivity index (χ4v) is 5.99. The molecule has 2 heterocycles. The highest BCUT2D eigenvalue weighted by atomic mass is 32.2. The number of nitrogens with one attached hydrogen (secondary N) is 1. The van der Waals surface area contributed by atoms with Gasteiger partial charge in [-0.25, -0.2) is 26.3 Å². The average Bonchev–Trinajstić information content (AvgIpc) is 3.50. The molecule has 1 amide bonds. The largest absolute Gasteiger partial charge is 0.368 e. The number of likely N-dealkylation sites (tertiary alicyclic amines) is 1. The maximum Gasteiger partial charge on any atom is 0.252 e. The quantitative estimate of drug-likeness (QED) is 0.642. The molecule has 3 atom stereocenters. The summed E-state index contributed by atoms with van der Waals surface area (Å²) in [5.41, 5.74) is 0.0590. The molecule has 182 valence electrons. The van der Waals surface area contributed by atoms with Gasteiger partial charge in [0.15, 0.2) is 0 Å². The molecule has 0 bridgehead atoms. The summed E-state index contributed by atoms with van der Waals surface area (Å²) in [5, 5.41) is 0. The molecule has 2 aromatic carbocycles. The molecule has 1 aliphatic carbocycles. The average molecular weight is 495 g/mol. The molecule has 0 radical (unpaired) electrons. The van der Waals surface area contributed by atoms with Gasteiger partial charge in [0.2, 0.25) is 16.0 Å². The normalized spacial score (nSPS) is 25.4. The number of alkyl halides is 1. The second-order valence-electron chi connectivity index (χ2n) is 9.36. The van der Waals surface area contributed by atoms with E-state index < -0.39 is 51.3 Å². The molecule has 2 saturated heterocycles. The van der Waals surface area contributed by atoms with Gasteiger partial charge in [-0.2, -0.15) is 0 Å². The highest BCUT2D eigenvalue weighted by Gasteiger charge is 2.62. The maximum atomic E-state index is 15.6. The van der Waals surface area contributed by atoms with Crippen molar-refractivity contribution in [2.75, 3.05) is 19.2 Å². The van der Waals surface area contributed by atoms with Crippen LogP contribution in [0.1, 0.15) is 24.8 Å². The Balaban J connectivity index is 1.53. The van der Waals surface area contributed by atoms with Gasteiger partial charge < -0.3 is 9.64 Å². The van der Waals surface area contributed by atoms with Crippen LogP contribution in [-0.4, -0.2) is 56.6 Å². The first kappa shape index (κ1) is 23.3. The summed E-state index contributed by atoms with van der Waals surface area (Å²) in [4.78, 5) is 14.7. The van der Waals surface area contributed by atoms with Crippen molar-refractivity contribution in [3.05, 3.63) is 59.7 Å². The van der Waals surface area contributed by atoms with Crippen LogP contribution in [0.15, 0.2) is 42.5 Å². The van der Waals surface area contributed by atoms with Crippen LogP contribution in [0.2, 0.25) is 0 Å². The van der Waals surface area contributed by atoms with Crippen LogP contribution in [-0.2, 0) is 26.0 Å². The molecular weight excluding hydrogens is 469 g/mol. The molecule has 10 heteroatoms. The predicted molar refractivity (Wildman–Crippen MR) is 119 cm³/mol. The van der Waals surface area contributed by atoms with Crippen LogP contribution in [0.5, 0.6) is 0 Å². The number of hydrogen-bond donors (Lipinski definition) is 1. The van der Waals surface area contributed by atoms with Gasteiger partial charge in [0.25, 0.3) is 5.91 Å². The lowest BCUT2D eigenvalue weighted by atomic mass is 9.91. The molecule has 1 saturated carbocycles. The van der Waals surface area contributed by atoms with Crippen LogP contribution in [0.3, 0.4) is 0 Å². The number of sulfonamides is 1. The first-order chi connectivity index (χ1) is 16.2. The number of amides is 1. The lowest BCUT2D eigenvalue weighted by molar-refractivity contribution is -0.157. The summed E-state index contributed by atoms with van der Waals surface area (Å²) >= 11 is 0. The molecule has 0 unspecified atom stereocenters. The van der Waals surface area contributed by atoms with Crippen LogP contribution < -0.4 is 4.72 Å². The second kappa shape index (κ2) is 8.66. The Hall–Kier alpha value is -2.43. The summed E-state index contributed by atoms with van der Waals surface area (Å²) in [6.45, 7) is 0.717. The zero-order chi connectivity index (χ0) is 24.1. The smallest absolute Gasteiger partial charge is 0.252 e. The van der Waals surface area contributed by atoms with Crippen molar-refractivity contribution in [1.29, 1.82) is 0 Å². The molecule has 1 spiro atoms. The van der Waals surface area contributed by atoms with Gasteiger partial charge >= 0.3 is 0 Å². The third-order valence-electron chi connectivity index (χ3n) is 7.16. The van der Waals surface area contributed by atoms with E-state index in [1.807, 2.05) is 0 Å². The Morgan fingerprint density at radius 3 is 2.47 bits per heavy atom. The number of ether oxygens (including phenoxy) is 1. The van der Waals surface area contributed by atoms with Crippen LogP contribution in [0, 0.1) is 17.0 Å². The Morgan fingerprint density at radius 2 is 1.88 bits per heavy atom. The van der Waals surface area contributed by atoms with Crippen molar-refractivity contribution in [2.45, 2.75) is 43.9 Å². The topological polar surface area (TPSA) is 75.7 Å². The minimum absolute atomic E-state index is 0.0262. The SMILES string of the molecule is O=C([C@H]1CCO1)N1CC2(CC2)[C@H](NS(=O)(=O)CF)[C@@H]1Cc1cc(F)cc(-c2ccccc2)c1F. The molecule has 3 aliphatic rings. The maximum absolute atomic E-state index is 15.6. The molecule has 5 rings (SSSR count). The van der Waals surface area contributed by atoms with E-state index in [9.17, 15) is 22.0 Å². The lowest BCUT2D eigenvalue weighted by Gasteiger charge is -2.34. The minimum atomic E-state index is -4.24. The first-order valence-corrected chi connectivity index (χ1v) is 12.9. The summed E-state index contributed by atoms with van der Waals surface area (Å²) in [6.07, 6.45) is 1.09. The number of nitrogens with zero attached hydrogens (tertiary/aromatic N) is 1. The zero-order valence-electron chi connectivity index (χ0n) is 18.3. The first-order valence-electron chi connectivity index (χ1n) is 11.2. The monoisotopic (exact) mass is 494 g/mol. The lowest BCUT2D eigenvalue weighted by Crippen LogP contribution is -2.53. The molecule has 2 aromatic rings. The molecule has 6 nitrogen and oxygen atoms in total. The third-order valence-corrected chi connectivity index (χ3v) is 8.06. The molecule has 0 aromatic heterocycles. The van der Waals surface area contributed by atoms with Crippen LogP contribution in [0.4, 0.5) is 13.2 Å². The Labute approximate surface area is 196 Å². The number of carbonyl (C=O) groups excluding carboxylic acids is 1. The molecule has 1 N–H and O–H groups in total. The Bertz CT molecular complexity index is 1200. The molecule has 3 fully saturated rings. The Morgan fingerprint density at radius 1 is 1.18 bits per heavy atom. The highest BCUT2D eigenvalue weighted by molar-refractivity contribution is 7.89. The number of rotatable bonds is 7. The number of halogens is 3. The Kier molecular flexibility index (Phi) is 5.94. The number of carbonyl (C=O) groups is 1. The van der Waals surface area contributed by atoms with E-state index in [1.54, 1.807) is 30.3 Å². The predicted octanol–water partition coefficient (Wildman–Crippen LogP) is 3.17. The summed E-state index contributed by atoms with van der Waals surface area (Å²) < 4.78 is 75.4. The van der Waals surface area contributed by atoms with Gasteiger partial charge in [-0.15, -0.1) is 0 Å². The van der Waals surface area contributed by atoms with E-state index in [1.165, 1.54) is 4.90 Å².